The lowest BCUT2D eigenvalue weighted by atomic mass is 9.84. The van der Waals surface area contributed by atoms with Gasteiger partial charge in [0, 0.05) is 12.6 Å². The highest BCUT2D eigenvalue weighted by Gasteiger charge is 2.31. The van der Waals surface area contributed by atoms with Gasteiger partial charge in [-0.25, -0.2) is 0 Å². The predicted molar refractivity (Wildman–Crippen MR) is 82.1 cm³/mol. The smallest absolute Gasteiger partial charge is 0.119 e. The van der Waals surface area contributed by atoms with Crippen LogP contribution in [0.3, 0.4) is 0 Å². The molecule has 0 fully saturated rings. The maximum Gasteiger partial charge on any atom is 0.119 e. The van der Waals surface area contributed by atoms with Crippen LogP contribution < -0.4 is 4.74 Å². The van der Waals surface area contributed by atoms with E-state index in [4.69, 9.17) is 4.74 Å². The van der Waals surface area contributed by atoms with E-state index in [1.165, 1.54) is 12.0 Å². The zero-order valence-corrected chi connectivity index (χ0v) is 13.1. The van der Waals surface area contributed by atoms with E-state index in [9.17, 15) is 5.11 Å². The van der Waals surface area contributed by atoms with Crippen molar-refractivity contribution in [2.75, 3.05) is 20.7 Å². The summed E-state index contributed by atoms with van der Waals surface area (Å²) in [6.45, 7) is 5.53. The van der Waals surface area contributed by atoms with Crippen molar-refractivity contribution in [2.45, 2.75) is 45.3 Å². The molecule has 0 saturated carbocycles. The number of aliphatic hydroxyl groups excluding tert-OH is 1. The first-order valence-corrected chi connectivity index (χ1v) is 7.62. The average Bonchev–Trinajstić information content (AvgIpc) is 2.46. The molecule has 1 aromatic rings. The van der Waals surface area contributed by atoms with E-state index < -0.39 is 6.10 Å². The van der Waals surface area contributed by atoms with Gasteiger partial charge in [-0.15, -0.1) is 0 Å². The van der Waals surface area contributed by atoms with E-state index in [2.05, 4.69) is 31.9 Å². The maximum absolute atomic E-state index is 10.7. The summed E-state index contributed by atoms with van der Waals surface area (Å²) < 4.78 is 5.26. The topological polar surface area (TPSA) is 32.7 Å². The van der Waals surface area contributed by atoms with E-state index in [1.54, 1.807) is 7.11 Å². The monoisotopic (exact) mass is 277 g/mol. The van der Waals surface area contributed by atoms with Crippen LogP contribution in [0.5, 0.6) is 5.75 Å². The summed E-state index contributed by atoms with van der Waals surface area (Å²) >= 11 is 0. The highest BCUT2D eigenvalue weighted by atomic mass is 16.5. The molecule has 2 rings (SSSR count). The van der Waals surface area contributed by atoms with Crippen LogP contribution in [-0.4, -0.2) is 36.8 Å². The fourth-order valence-corrected chi connectivity index (χ4v) is 3.10. The third kappa shape index (κ3) is 3.15. The number of nitrogens with zero attached hydrogens (tertiary/aromatic N) is 1. The molecule has 0 radical (unpaired) electrons. The lowest BCUT2D eigenvalue weighted by molar-refractivity contribution is 0.0432. The summed E-state index contributed by atoms with van der Waals surface area (Å²) in [4.78, 5) is 2.33. The Bertz CT molecular complexity index is 447. The number of hydrogen-bond acceptors (Lipinski definition) is 3. The highest BCUT2D eigenvalue weighted by Crippen LogP contribution is 2.34. The summed E-state index contributed by atoms with van der Waals surface area (Å²) in [7, 11) is 3.82. The quantitative estimate of drug-likeness (QED) is 0.898. The van der Waals surface area contributed by atoms with Gasteiger partial charge in [-0.1, -0.05) is 26.3 Å². The minimum absolute atomic E-state index is 0.227. The Balaban J connectivity index is 2.12. The largest absolute Gasteiger partial charge is 0.497 e. The molecule has 0 heterocycles. The first-order chi connectivity index (χ1) is 9.56. The molecular weight excluding hydrogens is 250 g/mol. The van der Waals surface area contributed by atoms with Crippen LogP contribution in [0.25, 0.3) is 0 Å². The predicted octanol–water partition coefficient (Wildman–Crippen LogP) is 3.02. The van der Waals surface area contributed by atoms with Crippen LogP contribution in [0, 0.1) is 5.92 Å². The number of aryl methyl sites for hydroxylation is 1. The van der Waals surface area contributed by atoms with Gasteiger partial charge < -0.3 is 14.7 Å². The lowest BCUT2D eigenvalue weighted by Crippen LogP contribution is -2.41. The van der Waals surface area contributed by atoms with Gasteiger partial charge in [0.05, 0.1) is 13.2 Å². The van der Waals surface area contributed by atoms with Crippen LogP contribution in [0.1, 0.15) is 43.9 Å². The Labute approximate surface area is 122 Å². The van der Waals surface area contributed by atoms with E-state index in [0.717, 1.165) is 30.7 Å². The molecule has 0 aromatic heterocycles. The fraction of sp³-hybridized carbons (Fsp3) is 0.647. The number of benzene rings is 1. The highest BCUT2D eigenvalue weighted by molar-refractivity contribution is 5.39. The first-order valence-electron chi connectivity index (χ1n) is 7.62. The van der Waals surface area contributed by atoms with Gasteiger partial charge in [0.2, 0.25) is 0 Å². The summed E-state index contributed by atoms with van der Waals surface area (Å²) in [5.41, 5.74) is 2.29. The molecule has 0 spiro atoms. The van der Waals surface area contributed by atoms with Crippen molar-refractivity contribution in [3.63, 3.8) is 0 Å². The standard InChI is InChI=1S/C17H27NO2/c1-5-12(2)11-18(3)16-9-6-13-10-14(20-4)7-8-15(13)17(16)19/h7-8,10,12,16-17,19H,5-6,9,11H2,1-4H3. The number of aliphatic hydroxyl groups is 1. The van der Waals surface area contributed by atoms with Crippen LogP contribution in [0.15, 0.2) is 18.2 Å². The van der Waals surface area contributed by atoms with Gasteiger partial charge in [0.25, 0.3) is 0 Å². The second-order valence-corrected chi connectivity index (χ2v) is 6.07. The van der Waals surface area contributed by atoms with Gasteiger partial charge in [0.1, 0.15) is 5.75 Å². The molecule has 0 aliphatic heterocycles. The average molecular weight is 277 g/mol. The van der Waals surface area contributed by atoms with Crippen LogP contribution in [0.4, 0.5) is 0 Å². The van der Waals surface area contributed by atoms with Gasteiger partial charge in [-0.3, -0.25) is 0 Å². The zero-order chi connectivity index (χ0) is 14.7. The van der Waals surface area contributed by atoms with Crippen molar-refractivity contribution >= 4 is 0 Å². The summed E-state index contributed by atoms with van der Waals surface area (Å²) in [5.74, 6) is 1.55. The lowest BCUT2D eigenvalue weighted by Gasteiger charge is -2.37. The number of hydrogen-bond donors (Lipinski definition) is 1. The number of ether oxygens (including phenoxy) is 1. The minimum Gasteiger partial charge on any atom is -0.497 e. The van der Waals surface area contributed by atoms with E-state index in [-0.39, 0.29) is 6.04 Å². The zero-order valence-electron chi connectivity index (χ0n) is 13.1. The third-order valence-corrected chi connectivity index (χ3v) is 4.61. The summed E-state index contributed by atoms with van der Waals surface area (Å²) in [5, 5.41) is 10.7. The van der Waals surface area contributed by atoms with Gasteiger partial charge in [-0.05, 0) is 49.1 Å². The summed E-state index contributed by atoms with van der Waals surface area (Å²) in [6, 6.07) is 6.25. The normalized spacial score (nSPS) is 23.5. The molecule has 3 unspecified atom stereocenters. The van der Waals surface area contributed by atoms with E-state index in [1.807, 2.05) is 12.1 Å². The Hall–Kier alpha value is -1.06. The molecule has 112 valence electrons. The van der Waals surface area contributed by atoms with Crippen LogP contribution in [-0.2, 0) is 6.42 Å². The molecule has 1 aliphatic rings. The minimum atomic E-state index is -0.390. The number of methoxy groups -OCH3 is 1. The van der Waals surface area contributed by atoms with Crippen molar-refractivity contribution in [1.82, 2.24) is 4.90 Å². The number of fused-ring (bicyclic) bond motifs is 1. The van der Waals surface area contributed by atoms with Crippen molar-refractivity contribution in [2.24, 2.45) is 5.92 Å². The molecule has 0 saturated heterocycles. The van der Waals surface area contributed by atoms with Gasteiger partial charge in [0.15, 0.2) is 0 Å². The molecule has 1 aliphatic carbocycles. The number of rotatable bonds is 5. The van der Waals surface area contributed by atoms with E-state index >= 15 is 0 Å². The first kappa shape index (κ1) is 15.3. The molecular formula is C17H27NO2. The molecule has 3 atom stereocenters. The molecule has 1 aromatic carbocycles. The van der Waals surface area contributed by atoms with Crippen molar-refractivity contribution in [3.05, 3.63) is 29.3 Å². The molecule has 3 heteroatoms. The fourth-order valence-electron chi connectivity index (χ4n) is 3.10. The number of likely N-dealkylation sites (N-methyl/N-ethyl adjacent to an activating group) is 1. The van der Waals surface area contributed by atoms with Crippen molar-refractivity contribution in [3.8, 4) is 5.75 Å². The van der Waals surface area contributed by atoms with Crippen LogP contribution >= 0.6 is 0 Å². The maximum atomic E-state index is 10.7. The van der Waals surface area contributed by atoms with Gasteiger partial charge in [-0.2, -0.15) is 0 Å². The van der Waals surface area contributed by atoms with E-state index in [0.29, 0.717) is 5.92 Å². The van der Waals surface area contributed by atoms with Gasteiger partial charge >= 0.3 is 0 Å². The second-order valence-electron chi connectivity index (χ2n) is 6.07. The Morgan fingerprint density at radius 2 is 2.20 bits per heavy atom. The molecule has 0 bridgehead atoms. The Morgan fingerprint density at radius 1 is 1.45 bits per heavy atom. The third-order valence-electron chi connectivity index (χ3n) is 4.61. The molecule has 20 heavy (non-hydrogen) atoms. The SMILES string of the molecule is CCC(C)CN(C)C1CCc2cc(OC)ccc2C1O. The van der Waals surface area contributed by atoms with Crippen molar-refractivity contribution in [1.29, 1.82) is 0 Å². The van der Waals surface area contributed by atoms with Crippen molar-refractivity contribution < 1.29 is 9.84 Å². The Morgan fingerprint density at radius 3 is 2.85 bits per heavy atom. The van der Waals surface area contributed by atoms with Crippen LogP contribution in [0.2, 0.25) is 0 Å². The molecule has 1 N–H and O–H groups in total. The molecule has 0 amide bonds. The summed E-state index contributed by atoms with van der Waals surface area (Å²) in [6.07, 6.45) is 2.81. The Kier molecular flexibility index (Phi) is 5.06. The second kappa shape index (κ2) is 6.59. The molecule has 3 nitrogen and oxygen atoms in total.